The van der Waals surface area contributed by atoms with E-state index >= 15 is 0 Å². The summed E-state index contributed by atoms with van der Waals surface area (Å²) in [5.74, 6) is 3.25. The van der Waals surface area contributed by atoms with Crippen LogP contribution in [0.3, 0.4) is 0 Å². The summed E-state index contributed by atoms with van der Waals surface area (Å²) >= 11 is 0. The maximum atomic E-state index is 4.62. The normalized spacial score (nSPS) is 13.0. The summed E-state index contributed by atoms with van der Waals surface area (Å²) in [5.41, 5.74) is 0. The van der Waals surface area contributed by atoms with Crippen LogP contribution in [0.5, 0.6) is 0 Å². The third-order valence-electron chi connectivity index (χ3n) is 4.08. The Hall–Kier alpha value is -1.85. The molecule has 0 saturated carbocycles. The molecule has 0 spiro atoms. The summed E-state index contributed by atoms with van der Waals surface area (Å²) in [5, 5.41) is 14.9. The van der Waals surface area contributed by atoms with Crippen molar-refractivity contribution < 1.29 is 0 Å². The van der Waals surface area contributed by atoms with E-state index in [0.717, 1.165) is 24.2 Å². The first-order chi connectivity index (χ1) is 11.1. The number of aliphatic imine (C=N–C) groups is 1. The Morgan fingerprint density at radius 1 is 1.35 bits per heavy atom. The number of nitrogens with zero attached hydrogens (tertiary/aromatic N) is 4. The highest BCUT2D eigenvalue weighted by Gasteiger charge is 2.08. The van der Waals surface area contributed by atoms with E-state index in [4.69, 9.17) is 0 Å². The van der Waals surface area contributed by atoms with Gasteiger partial charge < -0.3 is 15.2 Å². The molecular formula is C17H32N6. The number of unbranched alkanes of at least 4 members (excludes halogenated alkanes) is 1. The zero-order chi connectivity index (χ0) is 17.1. The highest BCUT2D eigenvalue weighted by molar-refractivity contribution is 5.79. The van der Waals surface area contributed by atoms with Gasteiger partial charge in [-0.05, 0) is 19.3 Å². The summed E-state index contributed by atoms with van der Waals surface area (Å²) in [6.45, 7) is 12.3. The van der Waals surface area contributed by atoms with Crippen LogP contribution in [0.1, 0.15) is 51.2 Å². The lowest BCUT2D eigenvalue weighted by Gasteiger charge is -2.18. The molecule has 1 aromatic heterocycles. The van der Waals surface area contributed by atoms with Crippen molar-refractivity contribution in [2.45, 2.75) is 53.0 Å². The SMILES string of the molecule is C=CCNC(=NCc1nnc(C)n1C)NCC(CC)CCCC. The predicted octanol–water partition coefficient (Wildman–Crippen LogP) is 2.56. The maximum Gasteiger partial charge on any atom is 0.191 e. The molecule has 6 nitrogen and oxygen atoms in total. The Bertz CT molecular complexity index is 491. The van der Waals surface area contributed by atoms with Crippen LogP contribution < -0.4 is 10.6 Å². The molecule has 0 aromatic carbocycles. The number of hydrogen-bond acceptors (Lipinski definition) is 3. The van der Waals surface area contributed by atoms with Crippen LogP contribution in [0.4, 0.5) is 0 Å². The molecule has 0 aliphatic carbocycles. The largest absolute Gasteiger partial charge is 0.356 e. The van der Waals surface area contributed by atoms with Crippen LogP contribution in [0.25, 0.3) is 0 Å². The molecule has 2 N–H and O–H groups in total. The van der Waals surface area contributed by atoms with Crippen LogP contribution >= 0.6 is 0 Å². The Labute approximate surface area is 140 Å². The molecule has 0 amide bonds. The number of guanidine groups is 1. The molecule has 0 bridgehead atoms. The van der Waals surface area contributed by atoms with Gasteiger partial charge in [0.15, 0.2) is 11.8 Å². The van der Waals surface area contributed by atoms with Gasteiger partial charge in [-0.3, -0.25) is 0 Å². The van der Waals surface area contributed by atoms with Crippen LogP contribution in [0, 0.1) is 12.8 Å². The molecule has 0 radical (unpaired) electrons. The van der Waals surface area contributed by atoms with E-state index < -0.39 is 0 Å². The molecule has 1 atom stereocenters. The van der Waals surface area contributed by atoms with Crippen molar-refractivity contribution in [1.82, 2.24) is 25.4 Å². The molecule has 23 heavy (non-hydrogen) atoms. The zero-order valence-corrected chi connectivity index (χ0v) is 15.1. The van der Waals surface area contributed by atoms with E-state index in [-0.39, 0.29) is 0 Å². The summed E-state index contributed by atoms with van der Waals surface area (Å²) in [7, 11) is 1.96. The minimum absolute atomic E-state index is 0.509. The quantitative estimate of drug-likeness (QED) is 0.395. The van der Waals surface area contributed by atoms with E-state index in [1.165, 1.54) is 25.7 Å². The van der Waals surface area contributed by atoms with Crippen molar-refractivity contribution in [2.75, 3.05) is 13.1 Å². The standard InChI is InChI=1S/C17H32N6/c1-6-9-10-15(8-3)12-19-17(18-11-7-2)20-13-16-22-21-14(4)23(16)5/h7,15H,2,6,8-13H2,1,3-5H3,(H2,18,19,20). The topological polar surface area (TPSA) is 67.1 Å². The number of aryl methyl sites for hydroxylation is 1. The minimum Gasteiger partial charge on any atom is -0.356 e. The molecule has 130 valence electrons. The second-order valence-electron chi connectivity index (χ2n) is 5.85. The summed E-state index contributed by atoms with van der Waals surface area (Å²) in [4.78, 5) is 4.62. The van der Waals surface area contributed by atoms with Crippen LogP contribution in [-0.2, 0) is 13.6 Å². The number of hydrogen-bond donors (Lipinski definition) is 2. The second-order valence-corrected chi connectivity index (χ2v) is 5.85. The van der Waals surface area contributed by atoms with Crippen molar-refractivity contribution in [3.05, 3.63) is 24.3 Å². The van der Waals surface area contributed by atoms with Gasteiger partial charge in [-0.25, -0.2) is 4.99 Å². The summed E-state index contributed by atoms with van der Waals surface area (Å²) < 4.78 is 1.96. The smallest absolute Gasteiger partial charge is 0.191 e. The van der Waals surface area contributed by atoms with Gasteiger partial charge in [0.1, 0.15) is 12.4 Å². The first kappa shape index (κ1) is 19.2. The van der Waals surface area contributed by atoms with Gasteiger partial charge >= 0.3 is 0 Å². The van der Waals surface area contributed by atoms with Gasteiger partial charge in [-0.2, -0.15) is 0 Å². The van der Waals surface area contributed by atoms with Crippen LogP contribution in [-0.4, -0.2) is 33.8 Å². The lowest BCUT2D eigenvalue weighted by molar-refractivity contribution is 0.444. The molecule has 0 fully saturated rings. The molecule has 1 aromatic rings. The van der Waals surface area contributed by atoms with E-state index in [9.17, 15) is 0 Å². The van der Waals surface area contributed by atoms with E-state index in [2.05, 4.69) is 46.2 Å². The van der Waals surface area contributed by atoms with Gasteiger partial charge in [0.25, 0.3) is 0 Å². The molecule has 1 unspecified atom stereocenters. The number of nitrogens with one attached hydrogen (secondary N) is 2. The fraction of sp³-hybridized carbons (Fsp3) is 0.706. The average molecular weight is 320 g/mol. The molecule has 0 saturated heterocycles. The van der Waals surface area contributed by atoms with Crippen LogP contribution in [0.15, 0.2) is 17.6 Å². The Morgan fingerprint density at radius 2 is 2.13 bits per heavy atom. The predicted molar refractivity (Wildman–Crippen MR) is 96.4 cm³/mol. The second kappa shape index (κ2) is 10.8. The fourth-order valence-corrected chi connectivity index (χ4v) is 2.27. The fourth-order valence-electron chi connectivity index (χ4n) is 2.27. The molecule has 1 rings (SSSR count). The van der Waals surface area contributed by atoms with Gasteiger partial charge in [0, 0.05) is 20.1 Å². The van der Waals surface area contributed by atoms with E-state index in [0.29, 0.717) is 19.0 Å². The Balaban J connectivity index is 2.61. The molecule has 0 aliphatic rings. The molecule has 6 heteroatoms. The highest BCUT2D eigenvalue weighted by atomic mass is 15.3. The Kier molecular flexibility index (Phi) is 9.02. The van der Waals surface area contributed by atoms with Crippen molar-refractivity contribution in [3.63, 3.8) is 0 Å². The number of rotatable bonds is 10. The first-order valence-electron chi connectivity index (χ1n) is 8.60. The summed E-state index contributed by atoms with van der Waals surface area (Å²) in [6.07, 6.45) is 6.81. The lowest BCUT2D eigenvalue weighted by atomic mass is 9.99. The van der Waals surface area contributed by atoms with Crippen LogP contribution in [0.2, 0.25) is 0 Å². The van der Waals surface area contributed by atoms with Gasteiger partial charge in [0.2, 0.25) is 0 Å². The summed E-state index contributed by atoms with van der Waals surface area (Å²) in [6, 6.07) is 0. The third-order valence-corrected chi connectivity index (χ3v) is 4.08. The van der Waals surface area contributed by atoms with Crippen molar-refractivity contribution in [2.24, 2.45) is 18.0 Å². The molecule has 1 heterocycles. The first-order valence-corrected chi connectivity index (χ1v) is 8.60. The lowest BCUT2D eigenvalue weighted by Crippen LogP contribution is -2.40. The van der Waals surface area contributed by atoms with Gasteiger partial charge in [-0.15, -0.1) is 16.8 Å². The Morgan fingerprint density at radius 3 is 2.70 bits per heavy atom. The zero-order valence-electron chi connectivity index (χ0n) is 15.1. The van der Waals surface area contributed by atoms with Crippen molar-refractivity contribution in [1.29, 1.82) is 0 Å². The monoisotopic (exact) mass is 320 g/mol. The maximum absolute atomic E-state index is 4.62. The average Bonchev–Trinajstić information content (AvgIpc) is 2.88. The highest BCUT2D eigenvalue weighted by Crippen LogP contribution is 2.11. The van der Waals surface area contributed by atoms with E-state index in [1.807, 2.05) is 24.6 Å². The minimum atomic E-state index is 0.509. The molecular weight excluding hydrogens is 288 g/mol. The van der Waals surface area contributed by atoms with Gasteiger partial charge in [-0.1, -0.05) is 39.2 Å². The third kappa shape index (κ3) is 6.84. The molecule has 0 aliphatic heterocycles. The number of aromatic nitrogens is 3. The van der Waals surface area contributed by atoms with Crippen molar-refractivity contribution in [3.8, 4) is 0 Å². The van der Waals surface area contributed by atoms with E-state index in [1.54, 1.807) is 0 Å². The van der Waals surface area contributed by atoms with Gasteiger partial charge in [0.05, 0.1) is 0 Å². The van der Waals surface area contributed by atoms with Crippen molar-refractivity contribution >= 4 is 5.96 Å².